The Bertz CT molecular complexity index is 1920. The first-order chi connectivity index (χ1) is 21.4. The molecule has 2 aliphatic rings. The van der Waals surface area contributed by atoms with Crippen molar-refractivity contribution in [3.05, 3.63) is 129 Å². The van der Waals surface area contributed by atoms with E-state index in [0.29, 0.717) is 56.8 Å². The smallest absolute Gasteiger partial charge is 0.255 e. The second-order valence-corrected chi connectivity index (χ2v) is 10.7. The van der Waals surface area contributed by atoms with Gasteiger partial charge in [-0.3, -0.25) is 4.79 Å². The zero-order valence-corrected chi connectivity index (χ0v) is 24.6. The summed E-state index contributed by atoms with van der Waals surface area (Å²) in [5, 5.41) is 13.4. The Morgan fingerprint density at radius 1 is 0.795 bits per heavy atom. The van der Waals surface area contributed by atoms with Crippen LogP contribution in [0.2, 0.25) is 0 Å². The minimum atomic E-state index is -1.97. The molecule has 0 fully saturated rings. The van der Waals surface area contributed by atoms with Crippen LogP contribution in [0.3, 0.4) is 0 Å². The van der Waals surface area contributed by atoms with E-state index in [2.05, 4.69) is 4.98 Å². The topological polar surface area (TPSA) is 112 Å². The molecule has 0 spiro atoms. The summed E-state index contributed by atoms with van der Waals surface area (Å²) >= 11 is 0. The zero-order chi connectivity index (χ0) is 30.6. The fourth-order valence-corrected chi connectivity index (χ4v) is 6.71. The zero-order valence-electron chi connectivity index (χ0n) is 24.6. The summed E-state index contributed by atoms with van der Waals surface area (Å²) in [4.78, 5) is 22.3. The molecule has 4 aromatic carbocycles. The minimum absolute atomic E-state index is 0.180. The Hall–Kier alpha value is -5.28. The van der Waals surface area contributed by atoms with Crippen LogP contribution < -0.4 is 29.2 Å². The standard InChI is InChI=1S/C35H30N2O7/c1-40-23-14-10-21(11-15-23)32-36-31-28(33(38)37-32)29(20-8-6-5-7-9-20)35(22-12-16-24(41-2)17-13-22)34(31,39)30-26(43-4)18-25(42-3)19-27(30)44-35/h5-19,29,39H,1-4H3,(H,36,37,38)/t29-,34+,35+/m1/s1. The van der Waals surface area contributed by atoms with E-state index in [1.54, 1.807) is 69.9 Å². The number of aromatic amines is 1. The van der Waals surface area contributed by atoms with Crippen LogP contribution in [0.1, 0.15) is 33.9 Å². The number of nitrogens with zero attached hydrogens (tertiary/aromatic N) is 1. The first-order valence-corrected chi connectivity index (χ1v) is 14.1. The van der Waals surface area contributed by atoms with E-state index < -0.39 is 17.1 Å². The molecule has 7 rings (SSSR count). The van der Waals surface area contributed by atoms with E-state index in [1.165, 1.54) is 7.11 Å². The number of rotatable bonds is 7. The van der Waals surface area contributed by atoms with Crippen molar-refractivity contribution in [2.24, 2.45) is 0 Å². The van der Waals surface area contributed by atoms with E-state index >= 15 is 0 Å². The quantitative estimate of drug-likeness (QED) is 0.268. The minimum Gasteiger partial charge on any atom is -0.497 e. The second kappa shape index (κ2) is 10.2. The van der Waals surface area contributed by atoms with Crippen LogP contribution in [-0.2, 0) is 11.2 Å². The molecule has 0 amide bonds. The first kappa shape index (κ1) is 27.5. The lowest BCUT2D eigenvalue weighted by Gasteiger charge is -2.40. The third-order valence-electron chi connectivity index (χ3n) is 8.67. The monoisotopic (exact) mass is 590 g/mol. The molecule has 0 bridgehead atoms. The fraction of sp³-hybridized carbons (Fsp3) is 0.200. The number of fused-ring (bicyclic) bond motifs is 5. The van der Waals surface area contributed by atoms with Gasteiger partial charge in [-0.2, -0.15) is 0 Å². The van der Waals surface area contributed by atoms with Gasteiger partial charge in [-0.15, -0.1) is 0 Å². The van der Waals surface area contributed by atoms with Crippen molar-refractivity contribution in [2.75, 3.05) is 28.4 Å². The average Bonchev–Trinajstić information content (AvgIpc) is 3.47. The lowest BCUT2D eigenvalue weighted by molar-refractivity contribution is -0.0909. The van der Waals surface area contributed by atoms with Crippen LogP contribution in [-0.4, -0.2) is 43.5 Å². The number of nitrogens with one attached hydrogen (secondary N) is 1. The Morgan fingerprint density at radius 2 is 1.43 bits per heavy atom. The summed E-state index contributed by atoms with van der Waals surface area (Å²) in [6.07, 6.45) is 0. The fourth-order valence-electron chi connectivity index (χ4n) is 6.71. The van der Waals surface area contributed by atoms with Gasteiger partial charge >= 0.3 is 0 Å². The van der Waals surface area contributed by atoms with Crippen molar-refractivity contribution in [2.45, 2.75) is 17.1 Å². The van der Waals surface area contributed by atoms with Crippen LogP contribution in [0.4, 0.5) is 0 Å². The van der Waals surface area contributed by atoms with Gasteiger partial charge in [0.1, 0.15) is 34.6 Å². The van der Waals surface area contributed by atoms with Gasteiger partial charge in [0.05, 0.1) is 51.2 Å². The summed E-state index contributed by atoms with van der Waals surface area (Å²) in [5.41, 5.74) is -1.05. The summed E-state index contributed by atoms with van der Waals surface area (Å²) in [7, 11) is 6.24. The number of benzene rings is 4. The van der Waals surface area contributed by atoms with Crippen LogP contribution in [0.5, 0.6) is 28.7 Å². The van der Waals surface area contributed by atoms with Crippen molar-refractivity contribution in [3.63, 3.8) is 0 Å². The lowest BCUT2D eigenvalue weighted by Crippen LogP contribution is -2.49. The predicted octanol–water partition coefficient (Wildman–Crippen LogP) is 5.14. The molecular weight excluding hydrogens is 560 g/mol. The Morgan fingerprint density at radius 3 is 2.05 bits per heavy atom. The molecule has 0 saturated carbocycles. The maximum atomic E-state index is 14.3. The molecule has 5 aromatic rings. The highest BCUT2D eigenvalue weighted by molar-refractivity contribution is 5.70. The molecule has 1 aliphatic heterocycles. The van der Waals surface area contributed by atoms with E-state index in [4.69, 9.17) is 28.7 Å². The van der Waals surface area contributed by atoms with Crippen LogP contribution in [0.25, 0.3) is 11.4 Å². The number of ether oxygens (including phenoxy) is 5. The molecule has 2 heterocycles. The third-order valence-corrected chi connectivity index (χ3v) is 8.67. The summed E-state index contributed by atoms with van der Waals surface area (Å²) < 4.78 is 29.2. The third kappa shape index (κ3) is 3.69. The SMILES string of the molecule is COc1ccc(-c2nc3c(c(=O)[nH]2)[C@@H](c2ccccc2)[C@]2(c4ccc(OC)cc4)Oc4cc(OC)cc(OC)c4[C@]32O)cc1. The molecule has 1 aliphatic carbocycles. The number of hydrogen-bond acceptors (Lipinski definition) is 8. The van der Waals surface area contributed by atoms with E-state index in [9.17, 15) is 9.90 Å². The maximum absolute atomic E-state index is 14.3. The number of aliphatic hydroxyl groups is 1. The largest absolute Gasteiger partial charge is 0.497 e. The molecule has 3 atom stereocenters. The van der Waals surface area contributed by atoms with E-state index in [0.717, 1.165) is 5.56 Å². The molecule has 44 heavy (non-hydrogen) atoms. The van der Waals surface area contributed by atoms with Crippen molar-refractivity contribution < 1.29 is 28.8 Å². The number of aromatic nitrogens is 2. The average molecular weight is 591 g/mol. The molecule has 2 N–H and O–H groups in total. The van der Waals surface area contributed by atoms with Gasteiger partial charge in [0.15, 0.2) is 11.2 Å². The predicted molar refractivity (Wildman–Crippen MR) is 163 cm³/mol. The summed E-state index contributed by atoms with van der Waals surface area (Å²) in [5.74, 6) is 2.00. The Balaban J connectivity index is 1.61. The second-order valence-electron chi connectivity index (χ2n) is 10.7. The maximum Gasteiger partial charge on any atom is 0.255 e. The molecule has 9 nitrogen and oxygen atoms in total. The van der Waals surface area contributed by atoms with Crippen molar-refractivity contribution in [3.8, 4) is 40.1 Å². The van der Waals surface area contributed by atoms with Gasteiger partial charge in [0.2, 0.25) is 0 Å². The van der Waals surface area contributed by atoms with Gasteiger partial charge in [-0.05, 0) is 42.0 Å². The van der Waals surface area contributed by atoms with Crippen LogP contribution >= 0.6 is 0 Å². The summed E-state index contributed by atoms with van der Waals surface area (Å²) in [6, 6.07) is 27.4. The van der Waals surface area contributed by atoms with Crippen molar-refractivity contribution in [1.82, 2.24) is 9.97 Å². The van der Waals surface area contributed by atoms with Crippen LogP contribution in [0, 0.1) is 0 Å². The Labute approximate surface area is 253 Å². The molecule has 0 unspecified atom stereocenters. The highest BCUT2D eigenvalue weighted by Crippen LogP contribution is 2.69. The molecule has 0 saturated heterocycles. The van der Waals surface area contributed by atoms with E-state index in [-0.39, 0.29) is 11.3 Å². The van der Waals surface area contributed by atoms with E-state index in [1.807, 2.05) is 42.5 Å². The molecule has 222 valence electrons. The van der Waals surface area contributed by atoms with Crippen molar-refractivity contribution >= 4 is 0 Å². The number of methoxy groups -OCH3 is 4. The first-order valence-electron chi connectivity index (χ1n) is 14.1. The summed E-state index contributed by atoms with van der Waals surface area (Å²) in [6.45, 7) is 0. The van der Waals surface area contributed by atoms with Crippen molar-refractivity contribution in [1.29, 1.82) is 0 Å². The van der Waals surface area contributed by atoms with Crippen LogP contribution in [0.15, 0.2) is 95.8 Å². The Kier molecular flexibility index (Phi) is 6.37. The van der Waals surface area contributed by atoms with Gasteiger partial charge in [0, 0.05) is 23.3 Å². The lowest BCUT2D eigenvalue weighted by atomic mass is 9.70. The van der Waals surface area contributed by atoms with Gasteiger partial charge in [0.25, 0.3) is 5.56 Å². The van der Waals surface area contributed by atoms with Gasteiger partial charge in [-0.25, -0.2) is 4.98 Å². The molecule has 9 heteroatoms. The number of hydrogen-bond donors (Lipinski definition) is 2. The highest BCUT2D eigenvalue weighted by atomic mass is 16.5. The molecule has 1 aromatic heterocycles. The molecule has 0 radical (unpaired) electrons. The molecular formula is C35H30N2O7. The van der Waals surface area contributed by atoms with Gasteiger partial charge in [-0.1, -0.05) is 42.5 Å². The highest BCUT2D eigenvalue weighted by Gasteiger charge is 2.73. The number of H-pyrrole nitrogens is 1. The normalized spacial score (nSPS) is 21.1. The van der Waals surface area contributed by atoms with Gasteiger partial charge < -0.3 is 33.8 Å².